The average Bonchev–Trinajstić information content (AvgIpc) is 2.47. The highest BCUT2D eigenvalue weighted by molar-refractivity contribution is 5.92. The second kappa shape index (κ2) is 6.92. The Labute approximate surface area is 122 Å². The largest absolute Gasteiger partial charge is 0.450 e. The van der Waals surface area contributed by atoms with Crippen LogP contribution in [0, 0.1) is 0 Å². The van der Waals surface area contributed by atoms with Crippen molar-refractivity contribution in [1.82, 2.24) is 15.2 Å². The van der Waals surface area contributed by atoms with E-state index in [4.69, 9.17) is 4.74 Å². The van der Waals surface area contributed by atoms with Gasteiger partial charge in [-0.2, -0.15) is 0 Å². The standard InChI is InChI=1S/C14H19N3O4/c1-2-21-14(20)15-10-5-4-8-17(9-10)13(19)11-6-3-7-12(18)16-11/h3,6-7,10H,2,4-5,8-9H2,1H3,(H,15,20)(H,16,18). The fourth-order valence-electron chi connectivity index (χ4n) is 2.36. The maximum absolute atomic E-state index is 12.3. The third kappa shape index (κ3) is 4.08. The van der Waals surface area contributed by atoms with Gasteiger partial charge in [0, 0.05) is 25.2 Å². The third-order valence-electron chi connectivity index (χ3n) is 3.30. The molecule has 2 rings (SSSR count). The normalized spacial score (nSPS) is 18.1. The summed E-state index contributed by atoms with van der Waals surface area (Å²) >= 11 is 0. The van der Waals surface area contributed by atoms with E-state index in [2.05, 4.69) is 10.3 Å². The monoisotopic (exact) mass is 293 g/mol. The molecule has 1 saturated heterocycles. The van der Waals surface area contributed by atoms with Crippen molar-refractivity contribution in [3.8, 4) is 0 Å². The van der Waals surface area contributed by atoms with Gasteiger partial charge in [-0.3, -0.25) is 9.59 Å². The van der Waals surface area contributed by atoms with Crippen molar-refractivity contribution in [2.24, 2.45) is 0 Å². The quantitative estimate of drug-likeness (QED) is 0.859. The van der Waals surface area contributed by atoms with Crippen LogP contribution in [-0.2, 0) is 4.74 Å². The molecule has 0 radical (unpaired) electrons. The Kier molecular flexibility index (Phi) is 4.97. The smallest absolute Gasteiger partial charge is 0.407 e. The zero-order chi connectivity index (χ0) is 15.2. The predicted molar refractivity (Wildman–Crippen MR) is 76.1 cm³/mol. The Morgan fingerprint density at radius 2 is 2.29 bits per heavy atom. The van der Waals surface area contributed by atoms with Crippen molar-refractivity contribution in [3.05, 3.63) is 34.2 Å². The third-order valence-corrected chi connectivity index (χ3v) is 3.30. The molecule has 0 saturated carbocycles. The lowest BCUT2D eigenvalue weighted by Crippen LogP contribution is -2.50. The second-order valence-electron chi connectivity index (χ2n) is 4.88. The van der Waals surface area contributed by atoms with Crippen molar-refractivity contribution in [2.75, 3.05) is 19.7 Å². The van der Waals surface area contributed by atoms with Crippen LogP contribution in [0.1, 0.15) is 30.3 Å². The topological polar surface area (TPSA) is 91.5 Å². The molecule has 2 N–H and O–H groups in total. The highest BCUT2D eigenvalue weighted by atomic mass is 16.5. The van der Waals surface area contributed by atoms with Crippen LogP contribution in [0.5, 0.6) is 0 Å². The van der Waals surface area contributed by atoms with Crippen molar-refractivity contribution < 1.29 is 14.3 Å². The number of piperidine rings is 1. The molecule has 1 aromatic heterocycles. The molecule has 1 aromatic rings. The van der Waals surface area contributed by atoms with Gasteiger partial charge in [0.05, 0.1) is 6.61 Å². The molecule has 0 aromatic carbocycles. The summed E-state index contributed by atoms with van der Waals surface area (Å²) < 4.78 is 4.84. The van der Waals surface area contributed by atoms with E-state index in [9.17, 15) is 14.4 Å². The Hall–Kier alpha value is -2.31. The average molecular weight is 293 g/mol. The van der Waals surface area contributed by atoms with Gasteiger partial charge in [0.15, 0.2) is 0 Å². The van der Waals surface area contributed by atoms with E-state index in [1.54, 1.807) is 24.0 Å². The Morgan fingerprint density at radius 1 is 1.48 bits per heavy atom. The van der Waals surface area contributed by atoms with Gasteiger partial charge in [0.1, 0.15) is 5.69 Å². The number of likely N-dealkylation sites (tertiary alicyclic amines) is 1. The number of carbonyl (C=O) groups is 2. The lowest BCUT2D eigenvalue weighted by Gasteiger charge is -2.32. The van der Waals surface area contributed by atoms with Crippen molar-refractivity contribution in [2.45, 2.75) is 25.8 Å². The van der Waals surface area contributed by atoms with Crippen molar-refractivity contribution >= 4 is 12.0 Å². The van der Waals surface area contributed by atoms with E-state index in [1.807, 2.05) is 0 Å². The minimum absolute atomic E-state index is 0.128. The second-order valence-corrected chi connectivity index (χ2v) is 4.88. The fraction of sp³-hybridized carbons (Fsp3) is 0.500. The van der Waals surface area contributed by atoms with Crippen LogP contribution in [0.2, 0.25) is 0 Å². The number of pyridine rings is 1. The number of rotatable bonds is 3. The summed E-state index contributed by atoms with van der Waals surface area (Å²) in [6.45, 7) is 3.07. The fourth-order valence-corrected chi connectivity index (χ4v) is 2.36. The molecule has 2 heterocycles. The molecule has 114 valence electrons. The van der Waals surface area contributed by atoms with E-state index in [1.165, 1.54) is 6.07 Å². The molecular formula is C14H19N3O4. The number of amides is 2. The van der Waals surface area contributed by atoms with E-state index in [0.717, 1.165) is 12.8 Å². The number of ether oxygens (including phenoxy) is 1. The number of carbonyl (C=O) groups excluding carboxylic acids is 2. The van der Waals surface area contributed by atoms with Gasteiger partial charge >= 0.3 is 6.09 Å². The maximum atomic E-state index is 12.3. The van der Waals surface area contributed by atoms with Crippen LogP contribution in [-0.4, -0.2) is 47.6 Å². The van der Waals surface area contributed by atoms with Gasteiger partial charge in [0.2, 0.25) is 5.56 Å². The lowest BCUT2D eigenvalue weighted by molar-refractivity contribution is 0.0680. The number of hydrogen-bond acceptors (Lipinski definition) is 4. The molecule has 7 heteroatoms. The molecule has 1 fully saturated rings. The molecule has 21 heavy (non-hydrogen) atoms. The van der Waals surface area contributed by atoms with E-state index in [-0.39, 0.29) is 23.2 Å². The van der Waals surface area contributed by atoms with Crippen LogP contribution >= 0.6 is 0 Å². The summed E-state index contributed by atoms with van der Waals surface area (Å²) in [7, 11) is 0. The number of nitrogens with zero attached hydrogens (tertiary/aromatic N) is 1. The SMILES string of the molecule is CCOC(=O)NC1CCCN(C(=O)c2cccc(=O)[nH]2)C1. The molecule has 0 bridgehead atoms. The molecular weight excluding hydrogens is 274 g/mol. The zero-order valence-electron chi connectivity index (χ0n) is 11.9. The van der Waals surface area contributed by atoms with E-state index in [0.29, 0.717) is 19.7 Å². The minimum Gasteiger partial charge on any atom is -0.450 e. The lowest BCUT2D eigenvalue weighted by atomic mass is 10.1. The number of nitrogens with one attached hydrogen (secondary N) is 2. The van der Waals surface area contributed by atoms with Gasteiger partial charge in [0.25, 0.3) is 5.91 Å². The van der Waals surface area contributed by atoms with Crippen LogP contribution in [0.15, 0.2) is 23.0 Å². The van der Waals surface area contributed by atoms with E-state index >= 15 is 0 Å². The Morgan fingerprint density at radius 3 is 3.00 bits per heavy atom. The number of alkyl carbamates (subject to hydrolysis) is 1. The molecule has 1 aliphatic heterocycles. The first-order valence-electron chi connectivity index (χ1n) is 7.02. The Bertz CT molecular complexity index is 569. The van der Waals surface area contributed by atoms with Gasteiger partial charge in [-0.25, -0.2) is 4.79 Å². The minimum atomic E-state index is -0.468. The summed E-state index contributed by atoms with van der Waals surface area (Å²) in [6, 6.07) is 4.35. The maximum Gasteiger partial charge on any atom is 0.407 e. The molecule has 7 nitrogen and oxygen atoms in total. The van der Waals surface area contributed by atoms with Crippen LogP contribution in [0.25, 0.3) is 0 Å². The number of hydrogen-bond donors (Lipinski definition) is 2. The van der Waals surface area contributed by atoms with Crippen molar-refractivity contribution in [3.63, 3.8) is 0 Å². The summed E-state index contributed by atoms with van der Waals surface area (Å²) in [6.07, 6.45) is 1.12. The molecule has 1 aliphatic rings. The van der Waals surface area contributed by atoms with Gasteiger partial charge < -0.3 is 19.9 Å². The summed E-state index contributed by atoms with van der Waals surface area (Å²) in [4.78, 5) is 39.2. The summed E-state index contributed by atoms with van der Waals surface area (Å²) in [5.41, 5.74) is -0.0432. The first-order chi connectivity index (χ1) is 10.1. The molecule has 0 aliphatic carbocycles. The van der Waals surface area contributed by atoms with Crippen LogP contribution in [0.4, 0.5) is 4.79 Å². The number of aromatic amines is 1. The zero-order valence-corrected chi connectivity index (χ0v) is 11.9. The predicted octanol–water partition coefficient (Wildman–Crippen LogP) is 0.726. The molecule has 1 unspecified atom stereocenters. The van der Waals surface area contributed by atoms with E-state index < -0.39 is 6.09 Å². The first kappa shape index (κ1) is 15.1. The van der Waals surface area contributed by atoms with Crippen molar-refractivity contribution in [1.29, 1.82) is 0 Å². The molecule has 2 amide bonds. The molecule has 1 atom stereocenters. The van der Waals surface area contributed by atoms with Crippen LogP contribution in [0.3, 0.4) is 0 Å². The van der Waals surface area contributed by atoms with Crippen LogP contribution < -0.4 is 10.9 Å². The van der Waals surface area contributed by atoms with Gasteiger partial charge in [-0.05, 0) is 25.8 Å². The highest BCUT2D eigenvalue weighted by Crippen LogP contribution is 2.12. The highest BCUT2D eigenvalue weighted by Gasteiger charge is 2.26. The van der Waals surface area contributed by atoms with Gasteiger partial charge in [-0.1, -0.05) is 6.07 Å². The first-order valence-corrected chi connectivity index (χ1v) is 7.02. The summed E-state index contributed by atoms with van der Waals surface area (Å²) in [5, 5.41) is 2.74. The Balaban J connectivity index is 1.99. The number of aromatic nitrogens is 1. The number of H-pyrrole nitrogens is 1. The molecule has 0 spiro atoms. The van der Waals surface area contributed by atoms with Gasteiger partial charge in [-0.15, -0.1) is 0 Å². The summed E-state index contributed by atoms with van der Waals surface area (Å²) in [5.74, 6) is -0.233.